The van der Waals surface area contributed by atoms with Crippen LogP contribution >= 0.6 is 0 Å². The second kappa shape index (κ2) is 4.69. The van der Waals surface area contributed by atoms with Crippen LogP contribution in [0.3, 0.4) is 0 Å². The van der Waals surface area contributed by atoms with Gasteiger partial charge in [0, 0.05) is 0 Å². The summed E-state index contributed by atoms with van der Waals surface area (Å²) in [6.45, 7) is 1.31. The maximum absolute atomic E-state index is 11.9. The van der Waals surface area contributed by atoms with Gasteiger partial charge in [0.15, 0.2) is 9.84 Å². The highest BCUT2D eigenvalue weighted by atomic mass is 32.2. The third kappa shape index (κ3) is 5.36. The van der Waals surface area contributed by atoms with E-state index in [1.807, 2.05) is 0 Å². The van der Waals surface area contributed by atoms with Crippen molar-refractivity contribution in [2.75, 3.05) is 24.6 Å². The van der Waals surface area contributed by atoms with Gasteiger partial charge >= 0.3 is 6.18 Å². The van der Waals surface area contributed by atoms with E-state index in [-0.39, 0.29) is 11.7 Å². The van der Waals surface area contributed by atoms with Gasteiger partial charge in [0.2, 0.25) is 0 Å². The number of sulfone groups is 1. The SMILES string of the molecule is O=S(=O)(CC1CCCNC1)CC(F)(F)F. The molecular weight excluding hydrogens is 231 g/mol. The average molecular weight is 245 g/mol. The van der Waals surface area contributed by atoms with Crippen molar-refractivity contribution in [2.24, 2.45) is 5.92 Å². The lowest BCUT2D eigenvalue weighted by Gasteiger charge is -2.22. The summed E-state index contributed by atoms with van der Waals surface area (Å²) in [5.41, 5.74) is 0. The number of piperidine rings is 1. The van der Waals surface area contributed by atoms with Crippen LogP contribution in [0.15, 0.2) is 0 Å². The van der Waals surface area contributed by atoms with Gasteiger partial charge in [-0.2, -0.15) is 13.2 Å². The van der Waals surface area contributed by atoms with Crippen molar-refractivity contribution in [3.05, 3.63) is 0 Å². The zero-order valence-corrected chi connectivity index (χ0v) is 9.00. The highest BCUT2D eigenvalue weighted by Gasteiger charge is 2.36. The Morgan fingerprint density at radius 1 is 1.33 bits per heavy atom. The van der Waals surface area contributed by atoms with E-state index in [4.69, 9.17) is 0 Å². The van der Waals surface area contributed by atoms with Crippen molar-refractivity contribution >= 4 is 9.84 Å². The molecule has 1 aliphatic heterocycles. The minimum atomic E-state index is -4.62. The lowest BCUT2D eigenvalue weighted by molar-refractivity contribution is -0.106. The second-order valence-electron chi connectivity index (χ2n) is 3.88. The molecule has 0 amide bonds. The van der Waals surface area contributed by atoms with E-state index in [1.54, 1.807) is 0 Å². The molecular formula is C8H14F3NO2S. The Bertz CT molecular complexity index is 293. The van der Waals surface area contributed by atoms with Crippen LogP contribution in [-0.4, -0.2) is 39.2 Å². The van der Waals surface area contributed by atoms with Crippen molar-refractivity contribution in [1.82, 2.24) is 5.32 Å². The molecule has 0 aromatic carbocycles. The Morgan fingerprint density at radius 2 is 2.00 bits per heavy atom. The first kappa shape index (κ1) is 12.8. The first-order valence-electron chi connectivity index (χ1n) is 4.76. The van der Waals surface area contributed by atoms with E-state index in [1.165, 1.54) is 0 Å². The van der Waals surface area contributed by atoms with E-state index < -0.39 is 21.8 Å². The van der Waals surface area contributed by atoms with E-state index >= 15 is 0 Å². The fourth-order valence-corrected chi connectivity index (χ4v) is 3.35. The van der Waals surface area contributed by atoms with Crippen molar-refractivity contribution in [2.45, 2.75) is 19.0 Å². The molecule has 1 heterocycles. The van der Waals surface area contributed by atoms with Gasteiger partial charge in [0.05, 0.1) is 5.75 Å². The van der Waals surface area contributed by atoms with Crippen molar-refractivity contribution in [3.8, 4) is 0 Å². The molecule has 1 rings (SSSR count). The number of alkyl halides is 3. The largest absolute Gasteiger partial charge is 0.402 e. The van der Waals surface area contributed by atoms with Crippen molar-refractivity contribution in [3.63, 3.8) is 0 Å². The van der Waals surface area contributed by atoms with Crippen LogP contribution in [0.5, 0.6) is 0 Å². The number of halogens is 3. The zero-order valence-electron chi connectivity index (χ0n) is 8.18. The van der Waals surface area contributed by atoms with Crippen LogP contribution < -0.4 is 5.32 Å². The summed E-state index contributed by atoms with van der Waals surface area (Å²) >= 11 is 0. The summed E-state index contributed by atoms with van der Waals surface area (Å²) in [6, 6.07) is 0. The molecule has 1 saturated heterocycles. The predicted molar refractivity (Wildman–Crippen MR) is 50.3 cm³/mol. The van der Waals surface area contributed by atoms with Crippen LogP contribution in [0.25, 0.3) is 0 Å². The van der Waals surface area contributed by atoms with E-state index in [0.717, 1.165) is 13.0 Å². The normalized spacial score (nSPS) is 24.1. The molecule has 0 aromatic heterocycles. The molecule has 15 heavy (non-hydrogen) atoms. The van der Waals surface area contributed by atoms with Gasteiger partial charge in [-0.15, -0.1) is 0 Å². The van der Waals surface area contributed by atoms with Gasteiger partial charge < -0.3 is 5.32 Å². The molecule has 1 aliphatic rings. The van der Waals surface area contributed by atoms with Gasteiger partial charge in [0.25, 0.3) is 0 Å². The molecule has 1 N–H and O–H groups in total. The van der Waals surface area contributed by atoms with E-state index in [2.05, 4.69) is 5.32 Å². The second-order valence-corrected chi connectivity index (χ2v) is 5.99. The molecule has 0 saturated carbocycles. The maximum Gasteiger partial charge on any atom is 0.402 e. The molecule has 0 bridgehead atoms. The average Bonchev–Trinajstić information content (AvgIpc) is 1.99. The summed E-state index contributed by atoms with van der Waals surface area (Å²) in [4.78, 5) is 0. The van der Waals surface area contributed by atoms with Crippen molar-refractivity contribution < 1.29 is 21.6 Å². The Balaban J connectivity index is 2.48. The molecule has 1 atom stereocenters. The summed E-state index contributed by atoms with van der Waals surface area (Å²) in [5, 5.41) is 2.97. The Hall–Kier alpha value is -0.300. The number of hydrogen-bond donors (Lipinski definition) is 1. The summed E-state index contributed by atoms with van der Waals surface area (Å²) < 4.78 is 58.1. The third-order valence-corrected chi connectivity index (χ3v) is 4.02. The molecule has 0 aromatic rings. The maximum atomic E-state index is 11.9. The lowest BCUT2D eigenvalue weighted by Crippen LogP contribution is -2.36. The molecule has 0 aliphatic carbocycles. The quantitative estimate of drug-likeness (QED) is 0.805. The van der Waals surface area contributed by atoms with E-state index in [9.17, 15) is 21.6 Å². The Morgan fingerprint density at radius 3 is 2.47 bits per heavy atom. The third-order valence-electron chi connectivity index (χ3n) is 2.27. The van der Waals surface area contributed by atoms with Crippen LogP contribution in [-0.2, 0) is 9.84 Å². The monoisotopic (exact) mass is 245 g/mol. The van der Waals surface area contributed by atoms with Crippen LogP contribution in [0.1, 0.15) is 12.8 Å². The standard InChI is InChI=1S/C8H14F3NO2S/c9-8(10,11)6-15(13,14)5-7-2-1-3-12-4-7/h7,12H,1-6H2. The van der Waals surface area contributed by atoms with Gasteiger partial charge in [-0.05, 0) is 31.8 Å². The first-order chi connectivity index (χ1) is 6.79. The fourth-order valence-electron chi connectivity index (χ4n) is 1.73. The molecule has 90 valence electrons. The van der Waals surface area contributed by atoms with Gasteiger partial charge in [-0.1, -0.05) is 0 Å². The van der Waals surface area contributed by atoms with Crippen LogP contribution in [0.2, 0.25) is 0 Å². The summed E-state index contributed by atoms with van der Waals surface area (Å²) in [7, 11) is -4.00. The Kier molecular flexibility index (Phi) is 3.99. The fraction of sp³-hybridized carbons (Fsp3) is 1.00. The number of hydrogen-bond acceptors (Lipinski definition) is 3. The smallest absolute Gasteiger partial charge is 0.316 e. The number of rotatable bonds is 3. The minimum Gasteiger partial charge on any atom is -0.316 e. The lowest BCUT2D eigenvalue weighted by atomic mass is 10.0. The molecule has 1 fully saturated rings. The predicted octanol–water partition coefficient (Wildman–Crippen LogP) is 0.963. The topological polar surface area (TPSA) is 46.2 Å². The van der Waals surface area contributed by atoms with E-state index in [0.29, 0.717) is 13.0 Å². The van der Waals surface area contributed by atoms with Gasteiger partial charge in [-0.3, -0.25) is 0 Å². The Labute approximate surface area is 87.0 Å². The molecule has 7 heteroatoms. The first-order valence-corrected chi connectivity index (χ1v) is 6.58. The highest BCUT2D eigenvalue weighted by Crippen LogP contribution is 2.20. The van der Waals surface area contributed by atoms with Crippen molar-refractivity contribution in [1.29, 1.82) is 0 Å². The number of nitrogens with one attached hydrogen (secondary N) is 1. The zero-order chi connectivity index (χ0) is 11.5. The summed E-state index contributed by atoms with van der Waals surface area (Å²) in [6.07, 6.45) is -3.11. The van der Waals surface area contributed by atoms with Crippen LogP contribution in [0, 0.1) is 5.92 Å². The molecule has 0 radical (unpaired) electrons. The molecule has 1 unspecified atom stereocenters. The highest BCUT2D eigenvalue weighted by molar-refractivity contribution is 7.91. The van der Waals surface area contributed by atoms with Crippen LogP contribution in [0.4, 0.5) is 13.2 Å². The minimum absolute atomic E-state index is 0.175. The summed E-state index contributed by atoms with van der Waals surface area (Å²) in [5.74, 6) is -2.23. The molecule has 0 spiro atoms. The van der Waals surface area contributed by atoms with Gasteiger partial charge in [0.1, 0.15) is 5.75 Å². The van der Waals surface area contributed by atoms with Gasteiger partial charge in [-0.25, -0.2) is 8.42 Å². The molecule has 3 nitrogen and oxygen atoms in total.